The molecular weight excluding hydrogens is 264 g/mol. The Bertz CT molecular complexity index is 326. The molecule has 0 aliphatic heterocycles. The van der Waals surface area contributed by atoms with Crippen LogP contribution in [0.1, 0.15) is 47.0 Å². The van der Waals surface area contributed by atoms with Gasteiger partial charge in [0.15, 0.2) is 0 Å². The van der Waals surface area contributed by atoms with Gasteiger partial charge >= 0.3 is 17.9 Å². The molecule has 2 unspecified atom stereocenters. The van der Waals surface area contributed by atoms with Gasteiger partial charge in [-0.3, -0.25) is 14.4 Å². The lowest BCUT2D eigenvalue weighted by Gasteiger charge is -2.23. The largest absolute Gasteiger partial charge is 0.466 e. The van der Waals surface area contributed by atoms with E-state index in [1.165, 1.54) is 20.8 Å². The van der Waals surface area contributed by atoms with Crippen LogP contribution >= 0.6 is 0 Å². The average Bonchev–Trinajstić information content (AvgIpc) is 2.33. The van der Waals surface area contributed by atoms with Crippen molar-refractivity contribution in [1.82, 2.24) is 0 Å². The van der Waals surface area contributed by atoms with Gasteiger partial charge in [0.2, 0.25) is 0 Å². The van der Waals surface area contributed by atoms with Gasteiger partial charge in [-0.15, -0.1) is 0 Å². The Labute approximate surface area is 119 Å². The molecule has 0 saturated carbocycles. The molecule has 0 spiro atoms. The molecule has 6 heteroatoms. The maximum atomic E-state index is 11.1. The van der Waals surface area contributed by atoms with Crippen molar-refractivity contribution in [1.29, 1.82) is 0 Å². The third-order valence-corrected chi connectivity index (χ3v) is 2.69. The van der Waals surface area contributed by atoms with Crippen molar-refractivity contribution in [3.05, 3.63) is 0 Å². The van der Waals surface area contributed by atoms with Gasteiger partial charge in [-0.1, -0.05) is 6.92 Å². The molecule has 0 radical (unpaired) electrons. The predicted octanol–water partition coefficient (Wildman–Crippen LogP) is 1.85. The molecule has 6 nitrogen and oxygen atoms in total. The second-order valence-electron chi connectivity index (χ2n) is 4.76. The highest BCUT2D eigenvalue weighted by Crippen LogP contribution is 2.16. The highest BCUT2D eigenvalue weighted by Gasteiger charge is 2.21. The molecule has 0 N–H and O–H groups in total. The van der Waals surface area contributed by atoms with Crippen LogP contribution in [0.4, 0.5) is 0 Å². The van der Waals surface area contributed by atoms with E-state index in [2.05, 4.69) is 0 Å². The van der Waals surface area contributed by atoms with Gasteiger partial charge in [-0.05, 0) is 19.3 Å². The minimum absolute atomic E-state index is 0.0727. The minimum atomic E-state index is -0.357. The number of carbonyl (C=O) groups excluding carboxylic acids is 3. The Hall–Kier alpha value is -1.59. The van der Waals surface area contributed by atoms with Crippen molar-refractivity contribution in [3.8, 4) is 0 Å². The van der Waals surface area contributed by atoms with Crippen LogP contribution in [-0.4, -0.2) is 37.2 Å². The molecule has 0 aromatic heterocycles. The summed E-state index contributed by atoms with van der Waals surface area (Å²) >= 11 is 0. The first-order valence-electron chi connectivity index (χ1n) is 6.76. The van der Waals surface area contributed by atoms with Gasteiger partial charge in [0.1, 0.15) is 6.10 Å². The summed E-state index contributed by atoms with van der Waals surface area (Å²) in [7, 11) is 0. The number of hydrogen-bond acceptors (Lipinski definition) is 6. The quantitative estimate of drug-likeness (QED) is 0.366. The lowest BCUT2D eigenvalue weighted by molar-refractivity contribution is -0.152. The highest BCUT2D eigenvalue weighted by molar-refractivity contribution is 5.66. The fourth-order valence-electron chi connectivity index (χ4n) is 1.69. The average molecular weight is 288 g/mol. The van der Waals surface area contributed by atoms with Gasteiger partial charge in [0.25, 0.3) is 0 Å². The van der Waals surface area contributed by atoms with Crippen LogP contribution in [0.25, 0.3) is 0 Å². The monoisotopic (exact) mass is 288 g/mol. The summed E-state index contributed by atoms with van der Waals surface area (Å²) in [5.74, 6) is -1.08. The fourth-order valence-corrected chi connectivity index (χ4v) is 1.69. The number of unbranched alkanes of at least 4 members (excludes halogenated alkanes) is 1. The van der Waals surface area contributed by atoms with Gasteiger partial charge in [0.05, 0.1) is 13.2 Å². The first-order valence-corrected chi connectivity index (χ1v) is 6.76. The van der Waals surface area contributed by atoms with Crippen LogP contribution in [0.5, 0.6) is 0 Å². The van der Waals surface area contributed by atoms with Crippen LogP contribution in [0, 0.1) is 5.92 Å². The van der Waals surface area contributed by atoms with Gasteiger partial charge in [0, 0.05) is 26.7 Å². The molecule has 0 amide bonds. The molecule has 0 aliphatic rings. The Balaban J connectivity index is 4.09. The summed E-state index contributed by atoms with van der Waals surface area (Å²) in [6.07, 6.45) is 1.81. The van der Waals surface area contributed by atoms with Crippen molar-refractivity contribution in [3.63, 3.8) is 0 Å². The van der Waals surface area contributed by atoms with Crippen molar-refractivity contribution < 1.29 is 28.6 Å². The van der Waals surface area contributed by atoms with Crippen LogP contribution < -0.4 is 0 Å². The molecule has 0 aromatic carbocycles. The van der Waals surface area contributed by atoms with Crippen molar-refractivity contribution in [2.75, 3.05) is 13.2 Å². The second-order valence-corrected chi connectivity index (χ2v) is 4.76. The molecule has 0 saturated heterocycles. The molecule has 0 fully saturated rings. The van der Waals surface area contributed by atoms with Crippen molar-refractivity contribution >= 4 is 17.9 Å². The predicted molar refractivity (Wildman–Crippen MR) is 71.8 cm³/mol. The zero-order chi connectivity index (χ0) is 15.5. The number of carbonyl (C=O) groups is 3. The van der Waals surface area contributed by atoms with Crippen LogP contribution in [-0.2, 0) is 28.6 Å². The van der Waals surface area contributed by atoms with E-state index >= 15 is 0 Å². The van der Waals surface area contributed by atoms with E-state index in [1.807, 2.05) is 6.92 Å². The van der Waals surface area contributed by atoms with E-state index in [9.17, 15) is 14.4 Å². The number of ether oxygens (including phenoxy) is 3. The van der Waals surface area contributed by atoms with Crippen molar-refractivity contribution in [2.45, 2.75) is 53.1 Å². The molecule has 116 valence electrons. The van der Waals surface area contributed by atoms with Crippen LogP contribution in [0.15, 0.2) is 0 Å². The zero-order valence-electron chi connectivity index (χ0n) is 12.6. The first-order chi connectivity index (χ1) is 9.32. The van der Waals surface area contributed by atoms with Crippen molar-refractivity contribution in [2.24, 2.45) is 5.92 Å². The molecule has 20 heavy (non-hydrogen) atoms. The second kappa shape index (κ2) is 10.2. The summed E-state index contributed by atoms with van der Waals surface area (Å²) in [6.45, 7) is 6.50. The third-order valence-electron chi connectivity index (χ3n) is 2.69. The van der Waals surface area contributed by atoms with Gasteiger partial charge in [-0.25, -0.2) is 0 Å². The number of esters is 3. The lowest BCUT2D eigenvalue weighted by atomic mass is 10.00. The molecule has 0 aliphatic carbocycles. The molecule has 0 heterocycles. The third kappa shape index (κ3) is 10.3. The summed E-state index contributed by atoms with van der Waals surface area (Å²) < 4.78 is 15.0. The first kappa shape index (κ1) is 18.4. The minimum Gasteiger partial charge on any atom is -0.466 e. The van der Waals surface area contributed by atoms with E-state index in [-0.39, 0.29) is 36.5 Å². The van der Waals surface area contributed by atoms with Crippen LogP contribution in [0.2, 0.25) is 0 Å². The Morgan fingerprint density at radius 1 is 0.900 bits per heavy atom. The maximum Gasteiger partial charge on any atom is 0.302 e. The summed E-state index contributed by atoms with van der Waals surface area (Å²) in [5, 5.41) is 0. The summed E-state index contributed by atoms with van der Waals surface area (Å²) in [4.78, 5) is 32.5. The SMILES string of the molecule is CC(=O)OCCCCC(OC(C)=O)C(C)COC(C)=O. The molecule has 0 bridgehead atoms. The normalized spacial score (nSPS) is 13.2. The lowest BCUT2D eigenvalue weighted by Crippen LogP contribution is -2.28. The highest BCUT2D eigenvalue weighted by atomic mass is 16.6. The smallest absolute Gasteiger partial charge is 0.302 e. The van der Waals surface area contributed by atoms with E-state index in [4.69, 9.17) is 14.2 Å². The molecule has 0 aromatic rings. The topological polar surface area (TPSA) is 78.9 Å². The van der Waals surface area contributed by atoms with E-state index in [1.54, 1.807) is 0 Å². The maximum absolute atomic E-state index is 11.1. The Morgan fingerprint density at radius 2 is 1.50 bits per heavy atom. The van der Waals surface area contributed by atoms with Crippen LogP contribution in [0.3, 0.4) is 0 Å². The summed E-state index contributed by atoms with van der Waals surface area (Å²) in [5.41, 5.74) is 0. The standard InChI is InChI=1S/C14H24O6/c1-10(9-19-12(3)16)14(20-13(4)17)7-5-6-8-18-11(2)15/h10,14H,5-9H2,1-4H3. The molecule has 2 atom stereocenters. The van der Waals surface area contributed by atoms with Gasteiger partial charge < -0.3 is 14.2 Å². The number of rotatable bonds is 9. The van der Waals surface area contributed by atoms with E-state index < -0.39 is 0 Å². The number of hydrogen-bond donors (Lipinski definition) is 0. The molecular formula is C14H24O6. The van der Waals surface area contributed by atoms with E-state index in [0.717, 1.165) is 6.42 Å². The fraction of sp³-hybridized carbons (Fsp3) is 0.786. The summed E-state index contributed by atoms with van der Waals surface area (Å²) in [6, 6.07) is 0. The Morgan fingerprint density at radius 3 is 2.00 bits per heavy atom. The zero-order valence-corrected chi connectivity index (χ0v) is 12.6. The van der Waals surface area contributed by atoms with Gasteiger partial charge in [-0.2, -0.15) is 0 Å². The Kier molecular flexibility index (Phi) is 9.41. The molecule has 0 rings (SSSR count). The van der Waals surface area contributed by atoms with E-state index in [0.29, 0.717) is 19.4 Å².